The van der Waals surface area contributed by atoms with Crippen LogP contribution in [0.4, 0.5) is 0 Å². The van der Waals surface area contributed by atoms with Crippen molar-refractivity contribution in [1.29, 1.82) is 0 Å². The molecule has 0 spiro atoms. The molecule has 0 aliphatic carbocycles. The monoisotopic (exact) mass is 317 g/mol. The molecule has 4 nitrogen and oxygen atoms in total. The van der Waals surface area contributed by atoms with E-state index in [1.54, 1.807) is 11.1 Å². The number of nitrogens with one attached hydrogen (secondary N) is 1. The van der Waals surface area contributed by atoms with Crippen molar-refractivity contribution in [1.82, 2.24) is 15.3 Å². The zero-order valence-corrected chi connectivity index (χ0v) is 13.4. The first kappa shape index (κ1) is 14.7. The van der Waals surface area contributed by atoms with Gasteiger partial charge >= 0.3 is 0 Å². The molecular weight excluding hydrogens is 298 g/mol. The van der Waals surface area contributed by atoms with E-state index < -0.39 is 0 Å². The first-order chi connectivity index (χ1) is 11.8. The molecule has 0 fully saturated rings. The summed E-state index contributed by atoms with van der Waals surface area (Å²) in [4.78, 5) is 12.6. The normalized spacial score (nSPS) is 17.2. The Bertz CT molecular complexity index is 796. The maximum absolute atomic E-state index is 12.6. The molecule has 0 saturated carbocycles. The Balaban J connectivity index is 1.48. The van der Waals surface area contributed by atoms with E-state index in [1.807, 2.05) is 48.5 Å². The summed E-state index contributed by atoms with van der Waals surface area (Å²) < 4.78 is 0. The van der Waals surface area contributed by atoms with Gasteiger partial charge in [-0.1, -0.05) is 60.7 Å². The van der Waals surface area contributed by atoms with E-state index in [2.05, 4.69) is 28.5 Å². The lowest BCUT2D eigenvalue weighted by Crippen LogP contribution is -2.47. The summed E-state index contributed by atoms with van der Waals surface area (Å²) in [7, 11) is 0. The molecule has 0 aromatic heterocycles. The van der Waals surface area contributed by atoms with Gasteiger partial charge in [0.05, 0.1) is 5.70 Å². The summed E-state index contributed by atoms with van der Waals surface area (Å²) in [5, 5.41) is 7.20. The third-order valence-electron chi connectivity index (χ3n) is 4.33. The highest BCUT2D eigenvalue weighted by atomic mass is 16.2. The lowest BCUT2D eigenvalue weighted by molar-refractivity contribution is -0.136. The lowest BCUT2D eigenvalue weighted by Gasteiger charge is -2.33. The van der Waals surface area contributed by atoms with Crippen LogP contribution in [0.25, 0.3) is 5.70 Å². The highest BCUT2D eigenvalue weighted by Gasteiger charge is 2.32. The molecule has 0 unspecified atom stereocenters. The van der Waals surface area contributed by atoms with E-state index in [0.717, 1.165) is 36.6 Å². The summed E-state index contributed by atoms with van der Waals surface area (Å²) in [5.41, 5.74) is 3.16. The second-order valence-electron chi connectivity index (χ2n) is 5.94. The molecule has 2 aliphatic heterocycles. The van der Waals surface area contributed by atoms with Crippen LogP contribution in [0.3, 0.4) is 0 Å². The number of rotatable bonds is 4. The van der Waals surface area contributed by atoms with E-state index >= 15 is 0 Å². The van der Waals surface area contributed by atoms with Crippen LogP contribution in [0.2, 0.25) is 0 Å². The Morgan fingerprint density at radius 1 is 0.958 bits per heavy atom. The number of amides is 1. The number of hydrazine groups is 1. The minimum absolute atomic E-state index is 0.00409. The number of carbonyl (C=O) groups excluding carboxylic acids is 1. The number of carbonyl (C=O) groups is 1. The highest BCUT2D eigenvalue weighted by Crippen LogP contribution is 2.25. The topological polar surface area (TPSA) is 35.6 Å². The molecule has 2 aliphatic rings. The molecule has 0 radical (unpaired) electrons. The molecule has 2 aromatic rings. The molecule has 1 amide bonds. The predicted octanol–water partition coefficient (Wildman–Crippen LogP) is 2.77. The molecule has 24 heavy (non-hydrogen) atoms. The van der Waals surface area contributed by atoms with Gasteiger partial charge < -0.3 is 5.32 Å². The fourth-order valence-electron chi connectivity index (χ4n) is 3.10. The van der Waals surface area contributed by atoms with E-state index in [-0.39, 0.29) is 5.91 Å². The second kappa shape index (κ2) is 6.34. The zero-order valence-electron chi connectivity index (χ0n) is 13.4. The largest absolute Gasteiger partial charge is 0.340 e. The highest BCUT2D eigenvalue weighted by molar-refractivity contribution is 5.98. The van der Waals surface area contributed by atoms with Crippen LogP contribution >= 0.6 is 0 Å². The minimum atomic E-state index is 0.00409. The summed E-state index contributed by atoms with van der Waals surface area (Å²) in [5.74, 6) is 0.860. The van der Waals surface area contributed by atoms with Gasteiger partial charge in [0.15, 0.2) is 0 Å². The fraction of sp³-hybridized carbons (Fsp3) is 0.150. The van der Waals surface area contributed by atoms with Gasteiger partial charge in [0.2, 0.25) is 0 Å². The molecule has 2 aromatic carbocycles. The Morgan fingerprint density at radius 2 is 1.67 bits per heavy atom. The van der Waals surface area contributed by atoms with E-state index in [9.17, 15) is 4.79 Å². The van der Waals surface area contributed by atoms with E-state index in [0.29, 0.717) is 0 Å². The zero-order chi connectivity index (χ0) is 16.4. The first-order valence-corrected chi connectivity index (χ1v) is 8.18. The smallest absolute Gasteiger partial charge is 0.268 e. The van der Waals surface area contributed by atoms with Crippen LogP contribution in [0, 0.1) is 0 Å². The van der Waals surface area contributed by atoms with Crippen molar-refractivity contribution in [3.8, 4) is 0 Å². The van der Waals surface area contributed by atoms with Crippen LogP contribution < -0.4 is 5.32 Å². The van der Waals surface area contributed by atoms with Crippen molar-refractivity contribution >= 4 is 11.6 Å². The second-order valence-corrected chi connectivity index (χ2v) is 5.94. The molecule has 4 rings (SSSR count). The summed E-state index contributed by atoms with van der Waals surface area (Å²) in [6, 6.07) is 20.3. The third kappa shape index (κ3) is 2.84. The molecule has 4 heteroatoms. The van der Waals surface area contributed by atoms with Gasteiger partial charge in [-0.3, -0.25) is 4.79 Å². The van der Waals surface area contributed by atoms with Gasteiger partial charge in [-0.25, -0.2) is 10.0 Å². The molecule has 120 valence electrons. The maximum Gasteiger partial charge on any atom is 0.268 e. The standard InChI is InChI=1S/C20H19N3O/c24-20-15-18(17-9-5-2-6-10-17)21-19-12-14-22(23(19)20)13-11-16-7-3-1-4-8-16/h1-10,12,15,21H,11,13-14H2. The van der Waals surface area contributed by atoms with Crippen LogP contribution in [0.5, 0.6) is 0 Å². The third-order valence-corrected chi connectivity index (χ3v) is 4.33. The molecular formula is C20H19N3O. The summed E-state index contributed by atoms with van der Waals surface area (Å²) >= 11 is 0. The quantitative estimate of drug-likeness (QED) is 0.942. The predicted molar refractivity (Wildman–Crippen MR) is 94.2 cm³/mol. The Kier molecular flexibility index (Phi) is 3.89. The molecule has 0 bridgehead atoms. The van der Waals surface area contributed by atoms with Crippen molar-refractivity contribution in [3.05, 3.63) is 89.8 Å². The van der Waals surface area contributed by atoms with Crippen molar-refractivity contribution < 1.29 is 4.79 Å². The Labute approximate surface area is 141 Å². The average Bonchev–Trinajstić information content (AvgIpc) is 3.05. The molecule has 0 saturated heterocycles. The lowest BCUT2D eigenvalue weighted by atomic mass is 10.1. The van der Waals surface area contributed by atoms with Crippen molar-refractivity contribution in [2.45, 2.75) is 6.42 Å². The molecule has 2 heterocycles. The molecule has 1 N–H and O–H groups in total. The summed E-state index contributed by atoms with van der Waals surface area (Å²) in [6.45, 7) is 1.56. The van der Waals surface area contributed by atoms with Gasteiger partial charge in [0.1, 0.15) is 5.82 Å². The van der Waals surface area contributed by atoms with Crippen LogP contribution in [0.15, 0.2) is 78.6 Å². The van der Waals surface area contributed by atoms with Gasteiger partial charge in [-0.15, -0.1) is 0 Å². The minimum Gasteiger partial charge on any atom is -0.340 e. The van der Waals surface area contributed by atoms with Crippen LogP contribution in [-0.4, -0.2) is 29.0 Å². The Hall–Kier alpha value is -2.85. The SMILES string of the molecule is O=C1C=C(c2ccccc2)NC2=CCN(CCc3ccccc3)N12. The van der Waals surface area contributed by atoms with Crippen molar-refractivity contribution in [3.63, 3.8) is 0 Å². The fourth-order valence-corrected chi connectivity index (χ4v) is 3.10. The average molecular weight is 317 g/mol. The Morgan fingerprint density at radius 3 is 2.42 bits per heavy atom. The number of nitrogens with zero attached hydrogens (tertiary/aromatic N) is 2. The summed E-state index contributed by atoms with van der Waals surface area (Å²) in [6.07, 6.45) is 4.66. The number of hydrogen-bond acceptors (Lipinski definition) is 3. The van der Waals surface area contributed by atoms with E-state index in [1.165, 1.54) is 5.56 Å². The van der Waals surface area contributed by atoms with Crippen molar-refractivity contribution in [2.24, 2.45) is 0 Å². The van der Waals surface area contributed by atoms with Crippen LogP contribution in [0.1, 0.15) is 11.1 Å². The van der Waals surface area contributed by atoms with Gasteiger partial charge in [-0.2, -0.15) is 0 Å². The maximum atomic E-state index is 12.6. The number of hydrogen-bond donors (Lipinski definition) is 1. The number of benzene rings is 2. The van der Waals surface area contributed by atoms with Gasteiger partial charge in [0.25, 0.3) is 5.91 Å². The van der Waals surface area contributed by atoms with Crippen molar-refractivity contribution in [2.75, 3.05) is 13.1 Å². The van der Waals surface area contributed by atoms with Gasteiger partial charge in [0, 0.05) is 19.2 Å². The first-order valence-electron chi connectivity index (χ1n) is 8.18. The van der Waals surface area contributed by atoms with Gasteiger partial charge in [-0.05, 0) is 23.6 Å². The van der Waals surface area contributed by atoms with E-state index in [4.69, 9.17) is 0 Å². The molecule has 0 atom stereocenters. The van der Waals surface area contributed by atoms with Crippen LogP contribution in [-0.2, 0) is 11.2 Å². The number of fused-ring (bicyclic) bond motifs is 1.